The topological polar surface area (TPSA) is 15.3 Å². The summed E-state index contributed by atoms with van der Waals surface area (Å²) >= 11 is 0. The second kappa shape index (κ2) is 7.79. The summed E-state index contributed by atoms with van der Waals surface area (Å²) in [4.78, 5) is 2.40. The maximum Gasteiger partial charge on any atom is 0.123 e. The first kappa shape index (κ1) is 16.3. The zero-order valence-corrected chi connectivity index (χ0v) is 13.5. The standard InChI is InChI=1S/C18H29FN2/c1-3-21(17-10-8-16(19)9-11-17)15-18(14-20-2)12-6-4-5-7-13-18/h8-11,20H,3-7,12-15H2,1-2H3. The van der Waals surface area contributed by atoms with Crippen molar-refractivity contribution in [3.8, 4) is 0 Å². The highest BCUT2D eigenvalue weighted by atomic mass is 19.1. The van der Waals surface area contributed by atoms with Crippen LogP contribution in [-0.2, 0) is 0 Å². The molecule has 0 bridgehead atoms. The SMILES string of the molecule is CCN(CC1(CNC)CCCCCC1)c1ccc(F)cc1. The van der Waals surface area contributed by atoms with Crippen LogP contribution in [0, 0.1) is 11.2 Å². The second-order valence-corrected chi connectivity index (χ2v) is 6.44. The highest BCUT2D eigenvalue weighted by Gasteiger charge is 2.32. The summed E-state index contributed by atoms with van der Waals surface area (Å²) in [7, 11) is 2.06. The molecule has 0 amide bonds. The number of rotatable bonds is 6. The van der Waals surface area contributed by atoms with Gasteiger partial charge in [-0.3, -0.25) is 0 Å². The Morgan fingerprint density at radius 3 is 2.24 bits per heavy atom. The van der Waals surface area contributed by atoms with Crippen LogP contribution in [0.4, 0.5) is 10.1 Å². The van der Waals surface area contributed by atoms with E-state index in [0.717, 1.165) is 25.3 Å². The molecule has 1 aromatic rings. The predicted octanol–water partition coefficient (Wildman–Crippen LogP) is 4.21. The molecule has 1 fully saturated rings. The molecule has 1 aromatic carbocycles. The molecule has 2 rings (SSSR count). The fourth-order valence-electron chi connectivity index (χ4n) is 3.69. The van der Waals surface area contributed by atoms with Gasteiger partial charge in [-0.05, 0) is 51.1 Å². The van der Waals surface area contributed by atoms with E-state index in [0.29, 0.717) is 5.41 Å². The van der Waals surface area contributed by atoms with Crippen molar-refractivity contribution in [2.45, 2.75) is 45.4 Å². The van der Waals surface area contributed by atoms with E-state index in [-0.39, 0.29) is 5.82 Å². The first-order valence-corrected chi connectivity index (χ1v) is 8.34. The van der Waals surface area contributed by atoms with Gasteiger partial charge in [-0.15, -0.1) is 0 Å². The fourth-order valence-corrected chi connectivity index (χ4v) is 3.69. The molecule has 1 saturated carbocycles. The molecular weight excluding hydrogens is 263 g/mol. The van der Waals surface area contributed by atoms with Crippen molar-refractivity contribution in [3.63, 3.8) is 0 Å². The summed E-state index contributed by atoms with van der Waals surface area (Å²) < 4.78 is 13.1. The molecule has 0 unspecified atom stereocenters. The maximum atomic E-state index is 13.1. The lowest BCUT2D eigenvalue weighted by atomic mass is 9.79. The van der Waals surface area contributed by atoms with Gasteiger partial charge in [-0.25, -0.2) is 4.39 Å². The lowest BCUT2D eigenvalue weighted by Crippen LogP contribution is -2.43. The van der Waals surface area contributed by atoms with Gasteiger partial charge < -0.3 is 10.2 Å². The van der Waals surface area contributed by atoms with Crippen molar-refractivity contribution in [2.75, 3.05) is 31.6 Å². The summed E-state index contributed by atoms with van der Waals surface area (Å²) in [5, 5.41) is 3.41. The molecule has 0 aliphatic heterocycles. The minimum atomic E-state index is -0.158. The Labute approximate surface area is 128 Å². The summed E-state index contributed by atoms with van der Waals surface area (Å²) in [6.07, 6.45) is 8.00. The Morgan fingerprint density at radius 1 is 1.10 bits per heavy atom. The fraction of sp³-hybridized carbons (Fsp3) is 0.667. The molecular formula is C18H29FN2. The van der Waals surface area contributed by atoms with Gasteiger partial charge >= 0.3 is 0 Å². The zero-order valence-electron chi connectivity index (χ0n) is 13.5. The minimum absolute atomic E-state index is 0.158. The summed E-state index contributed by atoms with van der Waals surface area (Å²) in [6, 6.07) is 6.94. The van der Waals surface area contributed by atoms with Crippen LogP contribution in [0.5, 0.6) is 0 Å². The van der Waals surface area contributed by atoms with Crippen LogP contribution in [0.1, 0.15) is 45.4 Å². The number of benzene rings is 1. The number of hydrogen-bond donors (Lipinski definition) is 1. The molecule has 2 nitrogen and oxygen atoms in total. The van der Waals surface area contributed by atoms with Gasteiger partial charge in [0.15, 0.2) is 0 Å². The van der Waals surface area contributed by atoms with Crippen molar-refractivity contribution >= 4 is 5.69 Å². The second-order valence-electron chi connectivity index (χ2n) is 6.44. The van der Waals surface area contributed by atoms with Gasteiger partial charge in [0.25, 0.3) is 0 Å². The zero-order chi connectivity index (χ0) is 15.1. The average Bonchev–Trinajstić information content (AvgIpc) is 2.72. The number of nitrogens with zero attached hydrogens (tertiary/aromatic N) is 1. The molecule has 0 heterocycles. The van der Waals surface area contributed by atoms with Gasteiger partial charge in [-0.2, -0.15) is 0 Å². The minimum Gasteiger partial charge on any atom is -0.371 e. The van der Waals surface area contributed by atoms with Crippen molar-refractivity contribution in [2.24, 2.45) is 5.41 Å². The van der Waals surface area contributed by atoms with E-state index < -0.39 is 0 Å². The Kier molecular flexibility index (Phi) is 6.04. The molecule has 1 N–H and O–H groups in total. The third-order valence-corrected chi connectivity index (χ3v) is 4.82. The van der Waals surface area contributed by atoms with E-state index in [4.69, 9.17) is 0 Å². The van der Waals surface area contributed by atoms with Crippen LogP contribution < -0.4 is 10.2 Å². The maximum absolute atomic E-state index is 13.1. The number of nitrogens with one attached hydrogen (secondary N) is 1. The van der Waals surface area contributed by atoms with Crippen molar-refractivity contribution in [3.05, 3.63) is 30.1 Å². The van der Waals surface area contributed by atoms with Gasteiger partial charge in [0.1, 0.15) is 5.82 Å². The molecule has 3 heteroatoms. The van der Waals surface area contributed by atoms with Crippen LogP contribution in [0.25, 0.3) is 0 Å². The molecule has 118 valence electrons. The summed E-state index contributed by atoms with van der Waals surface area (Å²) in [5.41, 5.74) is 1.49. The van der Waals surface area contributed by atoms with E-state index in [2.05, 4.69) is 24.2 Å². The molecule has 0 saturated heterocycles. The van der Waals surface area contributed by atoms with E-state index in [1.807, 2.05) is 12.1 Å². The molecule has 1 aliphatic carbocycles. The van der Waals surface area contributed by atoms with Crippen molar-refractivity contribution in [1.29, 1.82) is 0 Å². The largest absolute Gasteiger partial charge is 0.371 e. The number of anilines is 1. The smallest absolute Gasteiger partial charge is 0.123 e. The Hall–Kier alpha value is -1.09. The lowest BCUT2D eigenvalue weighted by molar-refractivity contribution is 0.243. The van der Waals surface area contributed by atoms with Crippen LogP contribution in [-0.4, -0.2) is 26.7 Å². The molecule has 21 heavy (non-hydrogen) atoms. The van der Waals surface area contributed by atoms with Gasteiger partial charge in [0.2, 0.25) is 0 Å². The predicted molar refractivity (Wildman–Crippen MR) is 88.3 cm³/mol. The summed E-state index contributed by atoms with van der Waals surface area (Å²) in [5.74, 6) is -0.158. The first-order chi connectivity index (χ1) is 10.2. The van der Waals surface area contributed by atoms with Gasteiger partial charge in [-0.1, -0.05) is 25.7 Å². The highest BCUT2D eigenvalue weighted by Crippen LogP contribution is 2.36. The van der Waals surface area contributed by atoms with Gasteiger partial charge in [0.05, 0.1) is 0 Å². The third-order valence-electron chi connectivity index (χ3n) is 4.82. The van der Waals surface area contributed by atoms with Crippen LogP contribution in [0.2, 0.25) is 0 Å². The Morgan fingerprint density at radius 2 is 1.71 bits per heavy atom. The number of hydrogen-bond acceptors (Lipinski definition) is 2. The van der Waals surface area contributed by atoms with E-state index in [9.17, 15) is 4.39 Å². The highest BCUT2D eigenvalue weighted by molar-refractivity contribution is 5.46. The van der Waals surface area contributed by atoms with Crippen molar-refractivity contribution in [1.82, 2.24) is 5.32 Å². The van der Waals surface area contributed by atoms with E-state index >= 15 is 0 Å². The van der Waals surface area contributed by atoms with Crippen LogP contribution >= 0.6 is 0 Å². The Bertz CT molecular complexity index is 408. The van der Waals surface area contributed by atoms with Gasteiger partial charge in [0, 0.05) is 30.7 Å². The van der Waals surface area contributed by atoms with Crippen LogP contribution in [0.3, 0.4) is 0 Å². The molecule has 1 aliphatic rings. The number of halogens is 1. The lowest BCUT2D eigenvalue weighted by Gasteiger charge is -2.39. The van der Waals surface area contributed by atoms with E-state index in [1.165, 1.54) is 38.5 Å². The first-order valence-electron chi connectivity index (χ1n) is 8.34. The van der Waals surface area contributed by atoms with Crippen molar-refractivity contribution < 1.29 is 4.39 Å². The molecule has 0 atom stereocenters. The van der Waals surface area contributed by atoms with Crippen LogP contribution in [0.15, 0.2) is 24.3 Å². The average molecular weight is 292 g/mol. The quantitative estimate of drug-likeness (QED) is 0.790. The molecule has 0 aromatic heterocycles. The Balaban J connectivity index is 2.14. The molecule has 0 radical (unpaired) electrons. The normalized spacial score (nSPS) is 18.2. The molecule has 0 spiro atoms. The third kappa shape index (κ3) is 4.44. The summed E-state index contributed by atoms with van der Waals surface area (Å²) in [6.45, 7) is 5.30. The van der Waals surface area contributed by atoms with E-state index in [1.54, 1.807) is 12.1 Å². The monoisotopic (exact) mass is 292 g/mol.